The molecule has 3 heteroatoms. The first-order valence-electron chi connectivity index (χ1n) is 8.18. The quantitative estimate of drug-likeness (QED) is 0.563. The van der Waals surface area contributed by atoms with E-state index in [2.05, 4.69) is 35.3 Å². The number of ether oxygens (including phenoxy) is 1. The van der Waals surface area contributed by atoms with Crippen molar-refractivity contribution in [3.63, 3.8) is 0 Å². The standard InChI is InChI=1S/C21H16N2O/c1-5-11-19-14(7-1)16(15-8-2-6-12-20(15)24-19)13-21-22-17-9-3-4-10-18(17)23-21/h1-12,16H,13H2,(H,22,23). The van der Waals surface area contributed by atoms with E-state index < -0.39 is 0 Å². The van der Waals surface area contributed by atoms with Crippen LogP contribution in [0, 0.1) is 0 Å². The van der Waals surface area contributed by atoms with Gasteiger partial charge in [-0.1, -0.05) is 48.5 Å². The summed E-state index contributed by atoms with van der Waals surface area (Å²) in [6, 6.07) is 24.7. The molecule has 3 aromatic carbocycles. The maximum Gasteiger partial charge on any atom is 0.131 e. The minimum atomic E-state index is 0.242. The zero-order valence-corrected chi connectivity index (χ0v) is 13.1. The van der Waals surface area contributed by atoms with E-state index >= 15 is 0 Å². The van der Waals surface area contributed by atoms with Gasteiger partial charge in [-0.3, -0.25) is 0 Å². The van der Waals surface area contributed by atoms with Crippen LogP contribution in [0.25, 0.3) is 11.0 Å². The molecule has 2 heterocycles. The van der Waals surface area contributed by atoms with Gasteiger partial charge in [0.2, 0.25) is 0 Å². The Hall–Kier alpha value is -3.07. The van der Waals surface area contributed by atoms with E-state index in [0.29, 0.717) is 0 Å². The van der Waals surface area contributed by atoms with Gasteiger partial charge in [0.25, 0.3) is 0 Å². The van der Waals surface area contributed by atoms with Crippen molar-refractivity contribution in [1.29, 1.82) is 0 Å². The molecule has 0 saturated heterocycles. The van der Waals surface area contributed by atoms with Gasteiger partial charge >= 0.3 is 0 Å². The van der Waals surface area contributed by atoms with Crippen molar-refractivity contribution >= 4 is 11.0 Å². The summed E-state index contributed by atoms with van der Waals surface area (Å²) in [4.78, 5) is 8.21. The second-order valence-electron chi connectivity index (χ2n) is 6.14. The van der Waals surface area contributed by atoms with Crippen molar-refractivity contribution in [1.82, 2.24) is 9.97 Å². The highest BCUT2D eigenvalue weighted by Crippen LogP contribution is 2.45. The molecule has 1 N–H and O–H groups in total. The van der Waals surface area contributed by atoms with Gasteiger partial charge in [0, 0.05) is 23.5 Å². The molecule has 5 rings (SSSR count). The molecule has 4 aromatic rings. The van der Waals surface area contributed by atoms with Crippen molar-refractivity contribution in [2.45, 2.75) is 12.3 Å². The summed E-state index contributed by atoms with van der Waals surface area (Å²) in [6.07, 6.45) is 0.825. The Kier molecular flexibility index (Phi) is 2.92. The first-order valence-corrected chi connectivity index (χ1v) is 8.18. The summed E-state index contributed by atoms with van der Waals surface area (Å²) in [5, 5.41) is 0. The summed E-state index contributed by atoms with van der Waals surface area (Å²) in [6.45, 7) is 0. The minimum Gasteiger partial charge on any atom is -0.457 e. The Morgan fingerprint density at radius 2 is 1.42 bits per heavy atom. The number of H-pyrrole nitrogens is 1. The molecule has 0 radical (unpaired) electrons. The van der Waals surface area contributed by atoms with Crippen molar-refractivity contribution in [3.05, 3.63) is 89.7 Å². The highest BCUT2D eigenvalue weighted by molar-refractivity contribution is 5.74. The van der Waals surface area contributed by atoms with Gasteiger partial charge in [0.15, 0.2) is 0 Å². The molecule has 0 unspecified atom stereocenters. The molecule has 1 aliphatic heterocycles. The predicted octanol–water partition coefficient (Wildman–Crippen LogP) is 5.04. The molecule has 0 spiro atoms. The van der Waals surface area contributed by atoms with Gasteiger partial charge in [-0.15, -0.1) is 0 Å². The van der Waals surface area contributed by atoms with E-state index in [0.717, 1.165) is 34.8 Å². The average Bonchev–Trinajstić information content (AvgIpc) is 3.04. The molecule has 24 heavy (non-hydrogen) atoms. The van der Waals surface area contributed by atoms with Gasteiger partial charge in [0.05, 0.1) is 11.0 Å². The van der Waals surface area contributed by atoms with Crippen LogP contribution in [-0.2, 0) is 6.42 Å². The monoisotopic (exact) mass is 312 g/mol. The molecule has 0 amide bonds. The highest BCUT2D eigenvalue weighted by Gasteiger charge is 2.27. The highest BCUT2D eigenvalue weighted by atomic mass is 16.5. The Morgan fingerprint density at radius 1 is 0.792 bits per heavy atom. The van der Waals surface area contributed by atoms with Crippen LogP contribution in [0.5, 0.6) is 11.5 Å². The third-order valence-corrected chi connectivity index (χ3v) is 4.64. The number of hydrogen-bond donors (Lipinski definition) is 1. The maximum absolute atomic E-state index is 6.07. The number of para-hydroxylation sites is 4. The average molecular weight is 312 g/mol. The van der Waals surface area contributed by atoms with Crippen LogP contribution in [0.15, 0.2) is 72.8 Å². The zero-order valence-electron chi connectivity index (χ0n) is 13.1. The van der Waals surface area contributed by atoms with Gasteiger partial charge < -0.3 is 9.72 Å². The topological polar surface area (TPSA) is 37.9 Å². The molecular weight excluding hydrogens is 296 g/mol. The molecule has 1 aromatic heterocycles. The van der Waals surface area contributed by atoms with E-state index in [-0.39, 0.29) is 5.92 Å². The summed E-state index contributed by atoms with van der Waals surface area (Å²) in [5.41, 5.74) is 4.54. The van der Waals surface area contributed by atoms with E-state index in [4.69, 9.17) is 9.72 Å². The SMILES string of the molecule is c1ccc2c(c1)Oc1ccccc1C2Cc1nc2ccccc2[nH]1. The Labute approximate surface area is 139 Å². The third-order valence-electron chi connectivity index (χ3n) is 4.64. The molecular formula is C21H16N2O. The summed E-state index contributed by atoms with van der Waals surface area (Å²) in [7, 11) is 0. The number of fused-ring (bicyclic) bond motifs is 3. The van der Waals surface area contributed by atoms with E-state index in [1.807, 2.05) is 42.5 Å². The van der Waals surface area contributed by atoms with Crippen LogP contribution < -0.4 is 4.74 Å². The van der Waals surface area contributed by atoms with Gasteiger partial charge in [-0.25, -0.2) is 4.98 Å². The number of benzene rings is 3. The maximum atomic E-state index is 6.07. The lowest BCUT2D eigenvalue weighted by molar-refractivity contribution is 0.444. The van der Waals surface area contributed by atoms with Crippen LogP contribution in [0.3, 0.4) is 0 Å². The van der Waals surface area contributed by atoms with Gasteiger partial charge in [-0.05, 0) is 24.3 Å². The smallest absolute Gasteiger partial charge is 0.131 e. The second kappa shape index (κ2) is 5.24. The van der Waals surface area contributed by atoms with Crippen LogP contribution in [-0.4, -0.2) is 9.97 Å². The Balaban J connectivity index is 1.62. The molecule has 3 nitrogen and oxygen atoms in total. The number of nitrogens with one attached hydrogen (secondary N) is 1. The molecule has 116 valence electrons. The molecule has 1 aliphatic rings. The second-order valence-corrected chi connectivity index (χ2v) is 6.14. The van der Waals surface area contributed by atoms with Crippen LogP contribution in [0.1, 0.15) is 22.9 Å². The predicted molar refractivity (Wildman–Crippen MR) is 94.6 cm³/mol. The third kappa shape index (κ3) is 2.09. The molecule has 0 bridgehead atoms. The minimum absolute atomic E-state index is 0.242. The van der Waals surface area contributed by atoms with Crippen molar-refractivity contribution in [2.24, 2.45) is 0 Å². The molecule has 0 atom stereocenters. The number of hydrogen-bond acceptors (Lipinski definition) is 2. The van der Waals surface area contributed by atoms with Crippen LogP contribution in [0.4, 0.5) is 0 Å². The lowest BCUT2D eigenvalue weighted by atomic mass is 9.85. The summed E-state index contributed by atoms with van der Waals surface area (Å²) >= 11 is 0. The lowest BCUT2D eigenvalue weighted by Crippen LogP contribution is -2.13. The number of aromatic nitrogens is 2. The van der Waals surface area contributed by atoms with E-state index in [1.165, 1.54) is 11.1 Å². The first kappa shape index (κ1) is 13.4. The van der Waals surface area contributed by atoms with Crippen molar-refractivity contribution < 1.29 is 4.74 Å². The molecule has 0 saturated carbocycles. The number of aromatic amines is 1. The van der Waals surface area contributed by atoms with Gasteiger partial charge in [0.1, 0.15) is 17.3 Å². The molecule has 0 fully saturated rings. The van der Waals surface area contributed by atoms with Crippen LogP contribution >= 0.6 is 0 Å². The fraction of sp³-hybridized carbons (Fsp3) is 0.0952. The first-order chi connectivity index (χ1) is 11.9. The number of nitrogens with zero attached hydrogens (tertiary/aromatic N) is 1. The lowest BCUT2D eigenvalue weighted by Gasteiger charge is -2.27. The molecule has 0 aliphatic carbocycles. The fourth-order valence-electron chi connectivity index (χ4n) is 3.52. The number of imidazole rings is 1. The van der Waals surface area contributed by atoms with Crippen molar-refractivity contribution in [3.8, 4) is 11.5 Å². The normalized spacial score (nSPS) is 13.3. The van der Waals surface area contributed by atoms with E-state index in [1.54, 1.807) is 0 Å². The largest absolute Gasteiger partial charge is 0.457 e. The van der Waals surface area contributed by atoms with E-state index in [9.17, 15) is 0 Å². The van der Waals surface area contributed by atoms with Crippen LogP contribution in [0.2, 0.25) is 0 Å². The Morgan fingerprint density at radius 3 is 2.12 bits per heavy atom. The summed E-state index contributed by atoms with van der Waals surface area (Å²) in [5.74, 6) is 3.13. The Bertz CT molecular complexity index is 956. The number of rotatable bonds is 2. The zero-order chi connectivity index (χ0) is 15.9. The van der Waals surface area contributed by atoms with Crippen molar-refractivity contribution in [2.75, 3.05) is 0 Å². The van der Waals surface area contributed by atoms with Gasteiger partial charge in [-0.2, -0.15) is 0 Å². The summed E-state index contributed by atoms with van der Waals surface area (Å²) < 4.78 is 6.07. The fourth-order valence-corrected chi connectivity index (χ4v) is 3.52.